The number of nitrogens with zero attached hydrogens (tertiary/aromatic N) is 1. The van der Waals surface area contributed by atoms with E-state index >= 15 is 0 Å². The summed E-state index contributed by atoms with van der Waals surface area (Å²) in [6.45, 7) is 0. The number of halogens is 4. The zero-order valence-corrected chi connectivity index (χ0v) is 8.50. The highest BCUT2D eigenvalue weighted by atomic mass is 19.4. The van der Waals surface area contributed by atoms with Crippen LogP contribution in [0.1, 0.15) is 5.56 Å². The number of hydrogen-bond acceptors (Lipinski definition) is 1. The van der Waals surface area contributed by atoms with Crippen molar-refractivity contribution in [2.45, 2.75) is 6.18 Å². The van der Waals surface area contributed by atoms with Crippen molar-refractivity contribution in [1.82, 2.24) is 4.98 Å². The lowest BCUT2D eigenvalue weighted by molar-refractivity contribution is -0.137. The van der Waals surface area contributed by atoms with Gasteiger partial charge in [0.25, 0.3) is 0 Å². The molecule has 1 aromatic carbocycles. The van der Waals surface area contributed by atoms with Crippen molar-refractivity contribution < 1.29 is 17.6 Å². The molecule has 0 spiro atoms. The first kappa shape index (κ1) is 11.6. The summed E-state index contributed by atoms with van der Waals surface area (Å²) in [5.41, 5.74) is -0.595. The predicted molar refractivity (Wildman–Crippen MR) is 54.6 cm³/mol. The monoisotopic (exact) mass is 241 g/mol. The molecule has 0 aliphatic carbocycles. The Morgan fingerprint density at radius 2 is 1.76 bits per heavy atom. The van der Waals surface area contributed by atoms with Crippen LogP contribution in [0.5, 0.6) is 0 Å². The number of alkyl halides is 3. The maximum absolute atomic E-state index is 13.3. The Balaban J connectivity index is 2.51. The van der Waals surface area contributed by atoms with Crippen molar-refractivity contribution in [3.63, 3.8) is 0 Å². The first-order valence-corrected chi connectivity index (χ1v) is 4.76. The molecule has 17 heavy (non-hydrogen) atoms. The molecule has 2 aromatic rings. The molecule has 0 fully saturated rings. The van der Waals surface area contributed by atoms with E-state index in [9.17, 15) is 17.6 Å². The molecule has 5 heteroatoms. The van der Waals surface area contributed by atoms with Gasteiger partial charge in [0.15, 0.2) is 0 Å². The summed E-state index contributed by atoms with van der Waals surface area (Å²) in [6, 6.07) is 7.36. The molecule has 0 saturated carbocycles. The Morgan fingerprint density at radius 3 is 2.41 bits per heavy atom. The van der Waals surface area contributed by atoms with Crippen LogP contribution in [0.15, 0.2) is 42.6 Å². The third-order valence-corrected chi connectivity index (χ3v) is 2.26. The Kier molecular flexibility index (Phi) is 2.83. The van der Waals surface area contributed by atoms with Crippen LogP contribution in [0, 0.1) is 5.95 Å². The minimum absolute atomic E-state index is 0.0543. The summed E-state index contributed by atoms with van der Waals surface area (Å²) in [4.78, 5) is 3.40. The van der Waals surface area contributed by atoms with Gasteiger partial charge in [-0.15, -0.1) is 0 Å². The van der Waals surface area contributed by atoms with E-state index in [0.29, 0.717) is 0 Å². The fourth-order valence-corrected chi connectivity index (χ4v) is 1.46. The maximum atomic E-state index is 13.3. The lowest BCUT2D eigenvalue weighted by Gasteiger charge is -2.08. The van der Waals surface area contributed by atoms with E-state index in [1.165, 1.54) is 30.5 Å². The van der Waals surface area contributed by atoms with Gasteiger partial charge in [-0.1, -0.05) is 12.1 Å². The number of rotatable bonds is 1. The first-order valence-electron chi connectivity index (χ1n) is 4.76. The second-order valence-corrected chi connectivity index (χ2v) is 3.42. The van der Waals surface area contributed by atoms with Crippen molar-refractivity contribution in [2.75, 3.05) is 0 Å². The number of hydrogen-bond donors (Lipinski definition) is 0. The lowest BCUT2D eigenvalue weighted by atomic mass is 10.0. The molecule has 2 rings (SSSR count). The smallest absolute Gasteiger partial charge is 0.228 e. The summed E-state index contributed by atoms with van der Waals surface area (Å²) in [7, 11) is 0. The van der Waals surface area contributed by atoms with Gasteiger partial charge in [0.05, 0.1) is 5.56 Å². The lowest BCUT2D eigenvalue weighted by Crippen LogP contribution is -2.04. The van der Waals surface area contributed by atoms with Crippen LogP contribution in [-0.2, 0) is 6.18 Å². The van der Waals surface area contributed by atoms with Gasteiger partial charge in [-0.05, 0) is 29.8 Å². The fraction of sp³-hybridized carbons (Fsp3) is 0.0833. The highest BCUT2D eigenvalue weighted by molar-refractivity contribution is 5.63. The Labute approximate surface area is 94.7 Å². The minimum atomic E-state index is -4.44. The number of aromatic nitrogens is 1. The van der Waals surface area contributed by atoms with E-state index in [1.807, 2.05) is 0 Å². The molecular weight excluding hydrogens is 234 g/mol. The van der Waals surface area contributed by atoms with Gasteiger partial charge in [-0.3, -0.25) is 0 Å². The molecule has 0 amide bonds. The molecule has 1 heterocycles. The predicted octanol–water partition coefficient (Wildman–Crippen LogP) is 3.91. The highest BCUT2D eigenvalue weighted by Gasteiger charge is 2.30. The molecule has 0 aliphatic rings. The molecule has 0 saturated heterocycles. The van der Waals surface area contributed by atoms with E-state index in [-0.39, 0.29) is 11.1 Å². The molecule has 0 bridgehead atoms. The van der Waals surface area contributed by atoms with Gasteiger partial charge in [0.2, 0.25) is 5.95 Å². The van der Waals surface area contributed by atoms with Gasteiger partial charge in [0, 0.05) is 11.8 Å². The quantitative estimate of drug-likeness (QED) is 0.545. The Hall–Kier alpha value is -1.91. The normalized spacial score (nSPS) is 11.5. The van der Waals surface area contributed by atoms with Gasteiger partial charge in [-0.2, -0.15) is 17.6 Å². The van der Waals surface area contributed by atoms with Gasteiger partial charge in [-0.25, -0.2) is 4.98 Å². The molecular formula is C12H7F4N. The average molecular weight is 241 g/mol. The summed E-state index contributed by atoms with van der Waals surface area (Å²) in [5.74, 6) is -0.785. The van der Waals surface area contributed by atoms with Crippen LogP contribution < -0.4 is 0 Å². The largest absolute Gasteiger partial charge is 0.416 e. The molecule has 0 atom stereocenters. The molecule has 0 radical (unpaired) electrons. The molecule has 0 unspecified atom stereocenters. The van der Waals surface area contributed by atoms with Crippen molar-refractivity contribution in [2.24, 2.45) is 0 Å². The third-order valence-electron chi connectivity index (χ3n) is 2.26. The van der Waals surface area contributed by atoms with Gasteiger partial charge >= 0.3 is 6.18 Å². The number of pyridine rings is 1. The molecule has 88 valence electrons. The van der Waals surface area contributed by atoms with Crippen molar-refractivity contribution in [3.05, 3.63) is 54.1 Å². The molecule has 0 N–H and O–H groups in total. The van der Waals surface area contributed by atoms with Crippen LogP contribution in [0.25, 0.3) is 11.1 Å². The summed E-state index contributed by atoms with van der Waals surface area (Å²) >= 11 is 0. The highest BCUT2D eigenvalue weighted by Crippen LogP contribution is 2.32. The summed E-state index contributed by atoms with van der Waals surface area (Å²) in [6.07, 6.45) is -3.19. The van der Waals surface area contributed by atoms with Crippen LogP contribution in [-0.4, -0.2) is 4.98 Å². The zero-order chi connectivity index (χ0) is 12.5. The van der Waals surface area contributed by atoms with Crippen molar-refractivity contribution in [3.8, 4) is 11.1 Å². The third kappa shape index (κ3) is 2.43. The van der Waals surface area contributed by atoms with Crippen LogP contribution >= 0.6 is 0 Å². The van der Waals surface area contributed by atoms with Gasteiger partial charge < -0.3 is 0 Å². The average Bonchev–Trinajstić information content (AvgIpc) is 2.29. The SMILES string of the molecule is Fc1ncccc1-c1cccc(C(F)(F)F)c1. The van der Waals surface area contributed by atoms with E-state index in [4.69, 9.17) is 0 Å². The molecule has 0 aliphatic heterocycles. The van der Waals surface area contributed by atoms with Gasteiger partial charge in [0.1, 0.15) is 0 Å². The van der Waals surface area contributed by atoms with E-state index < -0.39 is 17.7 Å². The van der Waals surface area contributed by atoms with E-state index in [2.05, 4.69) is 4.98 Å². The zero-order valence-electron chi connectivity index (χ0n) is 8.50. The van der Waals surface area contributed by atoms with Crippen molar-refractivity contribution >= 4 is 0 Å². The Morgan fingerprint density at radius 1 is 1.00 bits per heavy atom. The fourth-order valence-electron chi connectivity index (χ4n) is 1.46. The van der Waals surface area contributed by atoms with E-state index in [1.54, 1.807) is 0 Å². The topological polar surface area (TPSA) is 12.9 Å². The summed E-state index contributed by atoms with van der Waals surface area (Å²) in [5, 5.41) is 0. The second-order valence-electron chi connectivity index (χ2n) is 3.42. The number of benzene rings is 1. The summed E-state index contributed by atoms with van der Waals surface area (Å²) < 4.78 is 50.7. The van der Waals surface area contributed by atoms with Crippen molar-refractivity contribution in [1.29, 1.82) is 0 Å². The minimum Gasteiger partial charge on any atom is -0.228 e. The standard InChI is InChI=1S/C12H7F4N/c13-11-10(5-2-6-17-11)8-3-1-4-9(7-8)12(14,15)16/h1-7H. The Bertz CT molecular complexity index is 534. The van der Waals surface area contributed by atoms with Crippen LogP contribution in [0.3, 0.4) is 0 Å². The van der Waals surface area contributed by atoms with Crippen LogP contribution in [0.2, 0.25) is 0 Å². The molecule has 1 aromatic heterocycles. The maximum Gasteiger partial charge on any atom is 0.416 e. The second kappa shape index (κ2) is 4.16. The van der Waals surface area contributed by atoms with Crippen LogP contribution in [0.4, 0.5) is 17.6 Å². The van der Waals surface area contributed by atoms with E-state index in [0.717, 1.165) is 12.1 Å². The molecule has 1 nitrogen and oxygen atoms in total. The first-order chi connectivity index (χ1) is 7.98.